The second-order valence-corrected chi connectivity index (χ2v) is 6.11. The average Bonchev–Trinajstić information content (AvgIpc) is 2.23. The third kappa shape index (κ3) is 7.22. The summed E-state index contributed by atoms with van der Waals surface area (Å²) in [5.74, 6) is 1.07. The van der Waals surface area contributed by atoms with E-state index < -0.39 is 0 Å². The highest BCUT2D eigenvalue weighted by Crippen LogP contribution is 2.19. The van der Waals surface area contributed by atoms with Crippen LogP contribution < -0.4 is 4.72 Å². The standard InChI is InChI=1S/C10H20N2S3/c1-5-6-10(13)9(2)12(4)7-8-14-15-11-3/h5,10-11,13H,1-2,6-8H2,3-4H3. The first-order valence-corrected chi connectivity index (χ1v) is 7.61. The number of hydrogen-bond donors (Lipinski definition) is 2. The number of hydrogen-bond acceptors (Lipinski definition) is 5. The predicted molar refractivity (Wildman–Crippen MR) is 78.5 cm³/mol. The smallest absolute Gasteiger partial charge is 0.0444 e. The molecular formula is C10H20N2S3. The molecule has 0 aromatic carbocycles. The van der Waals surface area contributed by atoms with Crippen molar-refractivity contribution in [3.8, 4) is 0 Å². The summed E-state index contributed by atoms with van der Waals surface area (Å²) in [5.41, 5.74) is 1.06. The van der Waals surface area contributed by atoms with Gasteiger partial charge in [0.1, 0.15) is 0 Å². The minimum atomic E-state index is 0.189. The van der Waals surface area contributed by atoms with Crippen molar-refractivity contribution in [3.63, 3.8) is 0 Å². The van der Waals surface area contributed by atoms with Crippen LogP contribution in [0.5, 0.6) is 0 Å². The third-order valence-electron chi connectivity index (χ3n) is 1.92. The third-order valence-corrected chi connectivity index (χ3v) is 4.41. The molecule has 0 fully saturated rings. The maximum Gasteiger partial charge on any atom is 0.0444 e. The van der Waals surface area contributed by atoms with Gasteiger partial charge in [0.2, 0.25) is 0 Å². The van der Waals surface area contributed by atoms with Crippen LogP contribution in [0.25, 0.3) is 0 Å². The number of nitrogens with one attached hydrogen (secondary N) is 1. The van der Waals surface area contributed by atoms with Gasteiger partial charge in [-0.1, -0.05) is 23.4 Å². The zero-order valence-electron chi connectivity index (χ0n) is 9.40. The lowest BCUT2D eigenvalue weighted by Gasteiger charge is -2.24. The van der Waals surface area contributed by atoms with Crippen molar-refractivity contribution in [2.75, 3.05) is 26.4 Å². The van der Waals surface area contributed by atoms with Crippen LogP contribution in [0.4, 0.5) is 0 Å². The Balaban J connectivity index is 3.72. The van der Waals surface area contributed by atoms with Crippen LogP contribution in [-0.4, -0.2) is 36.5 Å². The highest BCUT2D eigenvalue weighted by Gasteiger charge is 2.09. The van der Waals surface area contributed by atoms with Crippen LogP contribution in [0.2, 0.25) is 0 Å². The van der Waals surface area contributed by atoms with Crippen LogP contribution in [0.1, 0.15) is 6.42 Å². The Morgan fingerprint density at radius 2 is 2.33 bits per heavy atom. The van der Waals surface area contributed by atoms with E-state index in [-0.39, 0.29) is 5.25 Å². The summed E-state index contributed by atoms with van der Waals surface area (Å²) in [6.45, 7) is 8.74. The minimum Gasteiger partial charge on any atom is -0.377 e. The zero-order chi connectivity index (χ0) is 11.7. The molecule has 2 nitrogen and oxygen atoms in total. The molecule has 1 atom stereocenters. The van der Waals surface area contributed by atoms with Crippen LogP contribution in [-0.2, 0) is 0 Å². The molecule has 0 aromatic rings. The highest BCUT2D eigenvalue weighted by atomic mass is 33.1. The molecule has 1 unspecified atom stereocenters. The Morgan fingerprint density at radius 3 is 2.87 bits per heavy atom. The van der Waals surface area contributed by atoms with Gasteiger partial charge in [0, 0.05) is 30.3 Å². The van der Waals surface area contributed by atoms with Crippen molar-refractivity contribution in [1.29, 1.82) is 0 Å². The lowest BCUT2D eigenvalue weighted by atomic mass is 10.2. The van der Waals surface area contributed by atoms with Crippen molar-refractivity contribution in [2.24, 2.45) is 0 Å². The van der Waals surface area contributed by atoms with Crippen LogP contribution >= 0.6 is 34.4 Å². The van der Waals surface area contributed by atoms with E-state index >= 15 is 0 Å². The quantitative estimate of drug-likeness (QED) is 0.219. The maximum absolute atomic E-state index is 4.47. The molecule has 0 aliphatic carbocycles. The van der Waals surface area contributed by atoms with E-state index in [0.29, 0.717) is 0 Å². The van der Waals surface area contributed by atoms with Crippen molar-refractivity contribution >= 4 is 34.4 Å². The van der Waals surface area contributed by atoms with Gasteiger partial charge in [0.25, 0.3) is 0 Å². The monoisotopic (exact) mass is 264 g/mol. The summed E-state index contributed by atoms with van der Waals surface area (Å²) in [4.78, 5) is 2.16. The number of rotatable bonds is 9. The van der Waals surface area contributed by atoms with Gasteiger partial charge in [0.05, 0.1) is 0 Å². The van der Waals surface area contributed by atoms with Gasteiger partial charge in [0.15, 0.2) is 0 Å². The van der Waals surface area contributed by atoms with Crippen molar-refractivity contribution in [3.05, 3.63) is 24.9 Å². The molecule has 0 radical (unpaired) electrons. The molecule has 0 rings (SSSR count). The molecule has 0 heterocycles. The molecule has 0 bridgehead atoms. The van der Waals surface area contributed by atoms with Gasteiger partial charge in [-0.3, -0.25) is 4.72 Å². The summed E-state index contributed by atoms with van der Waals surface area (Å²) >= 11 is 4.47. The number of thiol groups is 1. The molecule has 0 amide bonds. The predicted octanol–water partition coefficient (Wildman–Crippen LogP) is 2.82. The van der Waals surface area contributed by atoms with Crippen molar-refractivity contribution in [1.82, 2.24) is 9.62 Å². The Bertz CT molecular complexity index is 197. The van der Waals surface area contributed by atoms with Gasteiger partial charge in [-0.25, -0.2) is 0 Å². The lowest BCUT2D eigenvalue weighted by molar-refractivity contribution is 0.434. The second kappa shape index (κ2) is 9.51. The molecule has 1 N–H and O–H groups in total. The molecule has 0 saturated heterocycles. The fourth-order valence-electron chi connectivity index (χ4n) is 0.967. The summed E-state index contributed by atoms with van der Waals surface area (Å²) in [6, 6.07) is 0. The van der Waals surface area contributed by atoms with E-state index in [1.807, 2.05) is 13.1 Å². The summed E-state index contributed by atoms with van der Waals surface area (Å²) in [6.07, 6.45) is 2.74. The summed E-state index contributed by atoms with van der Waals surface area (Å²) in [7, 11) is 7.44. The zero-order valence-corrected chi connectivity index (χ0v) is 11.9. The summed E-state index contributed by atoms with van der Waals surface area (Å²) < 4.78 is 3.02. The van der Waals surface area contributed by atoms with Crippen molar-refractivity contribution < 1.29 is 0 Å². The molecule has 5 heteroatoms. The number of nitrogens with zero attached hydrogens (tertiary/aromatic N) is 1. The molecule has 0 saturated carbocycles. The first-order chi connectivity index (χ1) is 7.13. The van der Waals surface area contributed by atoms with E-state index in [4.69, 9.17) is 0 Å². The fraction of sp³-hybridized carbons (Fsp3) is 0.600. The van der Waals surface area contributed by atoms with Gasteiger partial charge in [-0.15, -0.1) is 6.58 Å². The van der Waals surface area contributed by atoms with Crippen LogP contribution in [0, 0.1) is 0 Å². The minimum absolute atomic E-state index is 0.189. The topological polar surface area (TPSA) is 15.3 Å². The molecule has 0 aliphatic heterocycles. The Morgan fingerprint density at radius 1 is 1.67 bits per heavy atom. The first-order valence-electron chi connectivity index (χ1n) is 4.77. The molecule has 0 aliphatic rings. The van der Waals surface area contributed by atoms with Gasteiger partial charge in [-0.2, -0.15) is 12.6 Å². The second-order valence-electron chi connectivity index (χ2n) is 3.06. The van der Waals surface area contributed by atoms with Crippen LogP contribution in [0.3, 0.4) is 0 Å². The highest BCUT2D eigenvalue weighted by molar-refractivity contribution is 8.76. The Hall–Kier alpha value is 0.290. The van der Waals surface area contributed by atoms with Crippen molar-refractivity contribution in [2.45, 2.75) is 11.7 Å². The molecule has 88 valence electrons. The van der Waals surface area contributed by atoms with E-state index in [9.17, 15) is 0 Å². The molecular weight excluding hydrogens is 244 g/mol. The normalized spacial score (nSPS) is 12.2. The van der Waals surface area contributed by atoms with Crippen LogP contribution in [0.15, 0.2) is 24.9 Å². The molecule has 0 spiro atoms. The largest absolute Gasteiger partial charge is 0.377 e. The SMILES string of the molecule is C=CCC(S)C(=C)N(C)CCSSNC. The summed E-state index contributed by atoms with van der Waals surface area (Å²) in [5, 5.41) is 0.189. The molecule has 0 aromatic heterocycles. The molecule has 15 heavy (non-hydrogen) atoms. The van der Waals surface area contributed by atoms with E-state index in [0.717, 1.165) is 24.4 Å². The Kier molecular flexibility index (Phi) is 9.70. The van der Waals surface area contributed by atoms with Gasteiger partial charge >= 0.3 is 0 Å². The lowest BCUT2D eigenvalue weighted by Crippen LogP contribution is -2.25. The van der Waals surface area contributed by atoms with E-state index in [2.05, 4.69) is 42.5 Å². The van der Waals surface area contributed by atoms with Gasteiger partial charge in [-0.05, 0) is 24.4 Å². The van der Waals surface area contributed by atoms with E-state index in [1.54, 1.807) is 21.8 Å². The number of allylic oxidation sites excluding steroid dienone is 1. The Labute approximate surface area is 107 Å². The first kappa shape index (κ1) is 15.3. The van der Waals surface area contributed by atoms with E-state index in [1.165, 1.54) is 0 Å². The maximum atomic E-state index is 4.47. The fourth-order valence-corrected chi connectivity index (χ4v) is 2.69. The average molecular weight is 264 g/mol. The van der Waals surface area contributed by atoms with Gasteiger partial charge < -0.3 is 4.90 Å².